The normalized spacial score (nSPS) is 11.1. The van der Waals surface area contributed by atoms with Gasteiger partial charge in [0.1, 0.15) is 0 Å². The zero-order valence-electron chi connectivity index (χ0n) is 12.5. The lowest BCUT2D eigenvalue weighted by Crippen LogP contribution is -2.24. The van der Waals surface area contributed by atoms with Gasteiger partial charge in [0, 0.05) is 28.6 Å². The van der Waals surface area contributed by atoms with Crippen molar-refractivity contribution in [2.75, 3.05) is 13.2 Å². The first kappa shape index (κ1) is 17.7. The summed E-state index contributed by atoms with van der Waals surface area (Å²) in [5, 5.41) is 8.99. The molecule has 0 bridgehead atoms. The lowest BCUT2D eigenvalue weighted by atomic mass is 10.1. The maximum atomic E-state index is 8.99. The number of hydrogen-bond donors (Lipinski definition) is 1. The van der Waals surface area contributed by atoms with Crippen LogP contribution in [-0.2, 0) is 13.1 Å². The van der Waals surface area contributed by atoms with E-state index in [0.717, 1.165) is 41.4 Å². The largest absolute Gasteiger partial charge is 0.396 e. The van der Waals surface area contributed by atoms with Crippen LogP contribution >= 0.6 is 31.9 Å². The van der Waals surface area contributed by atoms with E-state index in [1.54, 1.807) is 0 Å². The predicted molar refractivity (Wildman–Crippen MR) is 98.7 cm³/mol. The number of aliphatic hydroxyl groups excluding tert-OH is 1. The number of benzene rings is 2. The fourth-order valence-electron chi connectivity index (χ4n) is 2.36. The number of unbranched alkanes of at least 4 members (excludes halogenated alkanes) is 1. The molecular formula is C18H21Br2NO. The van der Waals surface area contributed by atoms with Crippen LogP contribution in [0.5, 0.6) is 0 Å². The van der Waals surface area contributed by atoms with Gasteiger partial charge >= 0.3 is 0 Å². The molecule has 0 fully saturated rings. The van der Waals surface area contributed by atoms with Crippen LogP contribution in [-0.4, -0.2) is 23.2 Å². The zero-order chi connectivity index (χ0) is 15.8. The molecule has 2 aromatic carbocycles. The van der Waals surface area contributed by atoms with Crippen LogP contribution in [0, 0.1) is 0 Å². The monoisotopic (exact) mass is 425 g/mol. The van der Waals surface area contributed by atoms with E-state index >= 15 is 0 Å². The van der Waals surface area contributed by atoms with E-state index in [2.05, 4.69) is 85.3 Å². The van der Waals surface area contributed by atoms with Crippen LogP contribution < -0.4 is 0 Å². The minimum atomic E-state index is 0.268. The van der Waals surface area contributed by atoms with Gasteiger partial charge in [-0.1, -0.05) is 56.1 Å². The number of aliphatic hydroxyl groups is 1. The molecule has 0 saturated carbocycles. The molecule has 0 heterocycles. The highest BCUT2D eigenvalue weighted by Crippen LogP contribution is 2.16. The highest BCUT2D eigenvalue weighted by Gasteiger charge is 2.07. The minimum Gasteiger partial charge on any atom is -0.396 e. The first-order valence-electron chi connectivity index (χ1n) is 7.49. The fourth-order valence-corrected chi connectivity index (χ4v) is 2.89. The molecule has 118 valence electrons. The Morgan fingerprint density at radius 3 is 1.59 bits per heavy atom. The lowest BCUT2D eigenvalue weighted by molar-refractivity contribution is 0.230. The molecule has 0 aromatic heterocycles. The Kier molecular flexibility index (Phi) is 7.60. The van der Waals surface area contributed by atoms with Crippen molar-refractivity contribution in [1.29, 1.82) is 0 Å². The molecule has 0 atom stereocenters. The Morgan fingerprint density at radius 2 is 1.18 bits per heavy atom. The topological polar surface area (TPSA) is 23.5 Å². The van der Waals surface area contributed by atoms with Gasteiger partial charge in [-0.05, 0) is 54.8 Å². The number of nitrogens with zero attached hydrogens (tertiary/aromatic N) is 1. The molecule has 2 aromatic rings. The van der Waals surface area contributed by atoms with Crippen LogP contribution in [0.15, 0.2) is 57.5 Å². The van der Waals surface area contributed by atoms with E-state index < -0.39 is 0 Å². The lowest BCUT2D eigenvalue weighted by Gasteiger charge is -2.22. The van der Waals surface area contributed by atoms with Crippen LogP contribution in [0.4, 0.5) is 0 Å². The summed E-state index contributed by atoms with van der Waals surface area (Å²) in [5.74, 6) is 0. The van der Waals surface area contributed by atoms with Crippen molar-refractivity contribution < 1.29 is 5.11 Å². The summed E-state index contributed by atoms with van der Waals surface area (Å²) in [7, 11) is 0. The Bertz CT molecular complexity index is 507. The molecule has 0 saturated heterocycles. The van der Waals surface area contributed by atoms with Crippen molar-refractivity contribution in [1.82, 2.24) is 4.90 Å². The van der Waals surface area contributed by atoms with Crippen molar-refractivity contribution in [3.63, 3.8) is 0 Å². The Hall–Kier alpha value is -0.680. The number of hydrogen-bond acceptors (Lipinski definition) is 2. The molecule has 0 aliphatic heterocycles. The van der Waals surface area contributed by atoms with Crippen molar-refractivity contribution in [2.45, 2.75) is 25.9 Å². The van der Waals surface area contributed by atoms with E-state index in [4.69, 9.17) is 5.11 Å². The van der Waals surface area contributed by atoms with Gasteiger partial charge < -0.3 is 5.11 Å². The molecule has 1 N–H and O–H groups in total. The third-order valence-electron chi connectivity index (χ3n) is 3.52. The molecule has 2 rings (SSSR count). The quantitative estimate of drug-likeness (QED) is 0.601. The molecule has 2 nitrogen and oxygen atoms in total. The Labute approximate surface area is 149 Å². The summed E-state index contributed by atoms with van der Waals surface area (Å²) in [6, 6.07) is 17.0. The van der Waals surface area contributed by atoms with Gasteiger partial charge in [-0.2, -0.15) is 0 Å². The van der Waals surface area contributed by atoms with Crippen molar-refractivity contribution in [2.24, 2.45) is 0 Å². The first-order chi connectivity index (χ1) is 10.7. The fraction of sp³-hybridized carbons (Fsp3) is 0.333. The van der Waals surface area contributed by atoms with Gasteiger partial charge in [-0.15, -0.1) is 0 Å². The summed E-state index contributed by atoms with van der Waals surface area (Å²) in [6.45, 7) is 3.11. The molecule has 4 heteroatoms. The second kappa shape index (κ2) is 9.46. The summed E-state index contributed by atoms with van der Waals surface area (Å²) < 4.78 is 2.21. The average molecular weight is 427 g/mol. The van der Waals surface area contributed by atoms with E-state index in [1.807, 2.05) is 0 Å². The van der Waals surface area contributed by atoms with Crippen molar-refractivity contribution in [3.05, 3.63) is 68.6 Å². The first-order valence-corrected chi connectivity index (χ1v) is 9.08. The molecule has 0 spiro atoms. The maximum Gasteiger partial charge on any atom is 0.0431 e. The van der Waals surface area contributed by atoms with Crippen molar-refractivity contribution >= 4 is 31.9 Å². The minimum absolute atomic E-state index is 0.268. The Morgan fingerprint density at radius 1 is 0.727 bits per heavy atom. The van der Waals surface area contributed by atoms with Crippen LogP contribution in [0.3, 0.4) is 0 Å². The summed E-state index contributed by atoms with van der Waals surface area (Å²) in [4.78, 5) is 2.43. The SMILES string of the molecule is OCCCCN(Cc1ccc(Br)cc1)Cc1ccc(Br)cc1. The van der Waals surface area contributed by atoms with Crippen LogP contribution in [0.2, 0.25) is 0 Å². The third-order valence-corrected chi connectivity index (χ3v) is 4.58. The molecule has 0 amide bonds. The summed E-state index contributed by atoms with van der Waals surface area (Å²) >= 11 is 6.96. The highest BCUT2D eigenvalue weighted by atomic mass is 79.9. The summed E-state index contributed by atoms with van der Waals surface area (Å²) in [5.41, 5.74) is 2.62. The average Bonchev–Trinajstić information content (AvgIpc) is 2.52. The van der Waals surface area contributed by atoms with Gasteiger partial charge in [0.05, 0.1) is 0 Å². The second-order valence-corrected chi connectivity index (χ2v) is 7.23. The smallest absolute Gasteiger partial charge is 0.0431 e. The van der Waals surface area contributed by atoms with E-state index in [-0.39, 0.29) is 6.61 Å². The van der Waals surface area contributed by atoms with Gasteiger partial charge in [0.25, 0.3) is 0 Å². The van der Waals surface area contributed by atoms with Gasteiger partial charge in [0.15, 0.2) is 0 Å². The molecule has 22 heavy (non-hydrogen) atoms. The number of rotatable bonds is 8. The standard InChI is InChI=1S/C18H21Br2NO/c19-17-7-3-15(4-8-17)13-21(11-1-2-12-22)14-16-5-9-18(20)10-6-16/h3-10,22H,1-2,11-14H2. The zero-order valence-corrected chi connectivity index (χ0v) is 15.7. The van der Waals surface area contributed by atoms with E-state index in [9.17, 15) is 0 Å². The molecule has 0 unspecified atom stereocenters. The van der Waals surface area contributed by atoms with Crippen LogP contribution in [0.25, 0.3) is 0 Å². The molecule has 0 aliphatic carbocycles. The highest BCUT2D eigenvalue weighted by molar-refractivity contribution is 9.10. The maximum absolute atomic E-state index is 8.99. The van der Waals surface area contributed by atoms with E-state index in [1.165, 1.54) is 11.1 Å². The molecule has 0 radical (unpaired) electrons. The second-order valence-electron chi connectivity index (χ2n) is 5.39. The van der Waals surface area contributed by atoms with Crippen LogP contribution in [0.1, 0.15) is 24.0 Å². The van der Waals surface area contributed by atoms with Gasteiger partial charge in [-0.3, -0.25) is 4.90 Å². The Balaban J connectivity index is 2.01. The predicted octanol–water partition coefficient (Wildman–Crippen LogP) is 4.99. The van der Waals surface area contributed by atoms with E-state index in [0.29, 0.717) is 0 Å². The van der Waals surface area contributed by atoms with Crippen molar-refractivity contribution in [3.8, 4) is 0 Å². The van der Waals surface area contributed by atoms with Gasteiger partial charge in [-0.25, -0.2) is 0 Å². The summed E-state index contributed by atoms with van der Waals surface area (Å²) in [6.07, 6.45) is 1.88. The van der Waals surface area contributed by atoms with Gasteiger partial charge in [0.2, 0.25) is 0 Å². The molecule has 0 aliphatic rings. The number of halogens is 2. The third kappa shape index (κ3) is 6.21. The molecular weight excluding hydrogens is 406 g/mol.